The van der Waals surface area contributed by atoms with Crippen LogP contribution in [0.2, 0.25) is 0 Å². The first-order valence-corrected chi connectivity index (χ1v) is 5.20. The van der Waals surface area contributed by atoms with E-state index in [1.165, 1.54) is 16.0 Å². The van der Waals surface area contributed by atoms with E-state index in [1.54, 1.807) is 11.8 Å². The van der Waals surface area contributed by atoms with Crippen molar-refractivity contribution in [1.82, 2.24) is 0 Å². The predicted octanol–water partition coefficient (Wildman–Crippen LogP) is 2.98. The number of aryl methyl sites for hydroxylation is 2. The summed E-state index contributed by atoms with van der Waals surface area (Å²) in [6, 6.07) is 6.29. The lowest BCUT2D eigenvalue weighted by Gasteiger charge is -2.07. The maximum Gasteiger partial charge on any atom is 0.133 e. The number of hydrogen-bond acceptors (Lipinski definition) is 2. The van der Waals surface area contributed by atoms with Crippen LogP contribution in [0.25, 0.3) is 0 Å². The lowest BCUT2D eigenvalue weighted by Crippen LogP contribution is -1.96. The van der Waals surface area contributed by atoms with Gasteiger partial charge in [0.05, 0.1) is 5.25 Å². The molecule has 1 nitrogen and oxygen atoms in total. The van der Waals surface area contributed by atoms with Gasteiger partial charge in [0.15, 0.2) is 0 Å². The molecular formula is C11H14OS. The number of benzene rings is 1. The van der Waals surface area contributed by atoms with Gasteiger partial charge in [-0.15, -0.1) is 11.8 Å². The molecule has 0 aliphatic heterocycles. The molecule has 1 aromatic carbocycles. The first-order chi connectivity index (χ1) is 6.13. The van der Waals surface area contributed by atoms with E-state index in [2.05, 4.69) is 32.0 Å². The van der Waals surface area contributed by atoms with E-state index in [9.17, 15) is 4.79 Å². The van der Waals surface area contributed by atoms with Gasteiger partial charge in [-0.2, -0.15) is 0 Å². The van der Waals surface area contributed by atoms with Crippen LogP contribution in [0.15, 0.2) is 23.1 Å². The van der Waals surface area contributed by atoms with Crippen LogP contribution in [0.5, 0.6) is 0 Å². The van der Waals surface area contributed by atoms with Gasteiger partial charge in [-0.3, -0.25) is 0 Å². The molecule has 1 aromatic rings. The highest BCUT2D eigenvalue weighted by atomic mass is 32.2. The molecule has 0 fully saturated rings. The molecule has 2 heteroatoms. The Morgan fingerprint density at radius 2 is 2.08 bits per heavy atom. The van der Waals surface area contributed by atoms with Crippen LogP contribution in [0.3, 0.4) is 0 Å². The van der Waals surface area contributed by atoms with E-state index in [0.717, 1.165) is 6.29 Å². The zero-order chi connectivity index (χ0) is 9.84. The van der Waals surface area contributed by atoms with Crippen molar-refractivity contribution in [3.8, 4) is 0 Å². The Balaban J connectivity index is 2.83. The molecule has 70 valence electrons. The first-order valence-electron chi connectivity index (χ1n) is 4.32. The van der Waals surface area contributed by atoms with Gasteiger partial charge in [-0.05, 0) is 32.4 Å². The normalized spacial score (nSPS) is 12.5. The Morgan fingerprint density at radius 3 is 2.62 bits per heavy atom. The van der Waals surface area contributed by atoms with Crippen LogP contribution in [-0.2, 0) is 4.79 Å². The average molecular weight is 194 g/mol. The summed E-state index contributed by atoms with van der Waals surface area (Å²) in [6.07, 6.45) is 0.976. The molecular weight excluding hydrogens is 180 g/mol. The van der Waals surface area contributed by atoms with Crippen molar-refractivity contribution >= 4 is 18.0 Å². The summed E-state index contributed by atoms with van der Waals surface area (Å²) in [4.78, 5) is 11.7. The third kappa shape index (κ3) is 2.88. The highest BCUT2D eigenvalue weighted by molar-refractivity contribution is 8.00. The topological polar surface area (TPSA) is 17.1 Å². The van der Waals surface area contributed by atoms with Crippen molar-refractivity contribution in [2.24, 2.45) is 0 Å². The van der Waals surface area contributed by atoms with Gasteiger partial charge >= 0.3 is 0 Å². The standard InChI is InChI=1S/C11H14OS/c1-8-4-5-11(9(2)6-8)13-10(3)7-12/h4-7,10H,1-3H3. The number of carbonyl (C=O) groups excluding carboxylic acids is 1. The molecule has 0 aliphatic carbocycles. The van der Waals surface area contributed by atoms with Crippen LogP contribution >= 0.6 is 11.8 Å². The van der Waals surface area contributed by atoms with Gasteiger partial charge in [-0.25, -0.2) is 0 Å². The molecule has 1 atom stereocenters. The highest BCUT2D eigenvalue weighted by Gasteiger charge is 2.04. The summed E-state index contributed by atoms with van der Waals surface area (Å²) < 4.78 is 0. The minimum absolute atomic E-state index is 0.0430. The molecule has 0 aliphatic rings. The first kappa shape index (κ1) is 10.3. The number of rotatable bonds is 3. The minimum Gasteiger partial charge on any atom is -0.302 e. The van der Waals surface area contributed by atoms with Crippen LogP contribution in [0, 0.1) is 13.8 Å². The Hall–Kier alpha value is -0.760. The second-order valence-electron chi connectivity index (χ2n) is 3.23. The van der Waals surface area contributed by atoms with E-state index in [-0.39, 0.29) is 5.25 Å². The van der Waals surface area contributed by atoms with Crippen molar-refractivity contribution in [2.45, 2.75) is 30.9 Å². The zero-order valence-corrected chi connectivity index (χ0v) is 9.02. The monoisotopic (exact) mass is 194 g/mol. The molecule has 0 spiro atoms. The largest absolute Gasteiger partial charge is 0.302 e. The van der Waals surface area contributed by atoms with E-state index >= 15 is 0 Å². The molecule has 0 heterocycles. The lowest BCUT2D eigenvalue weighted by molar-refractivity contribution is -0.107. The van der Waals surface area contributed by atoms with Gasteiger partial charge in [0.25, 0.3) is 0 Å². The summed E-state index contributed by atoms with van der Waals surface area (Å²) in [5.41, 5.74) is 2.51. The summed E-state index contributed by atoms with van der Waals surface area (Å²) in [6.45, 7) is 6.06. The zero-order valence-electron chi connectivity index (χ0n) is 8.20. The Bertz CT molecular complexity index is 307. The molecule has 13 heavy (non-hydrogen) atoms. The molecule has 0 aromatic heterocycles. The highest BCUT2D eigenvalue weighted by Crippen LogP contribution is 2.25. The van der Waals surface area contributed by atoms with Crippen molar-refractivity contribution in [1.29, 1.82) is 0 Å². The maximum atomic E-state index is 10.5. The number of hydrogen-bond donors (Lipinski definition) is 0. The third-order valence-electron chi connectivity index (χ3n) is 1.83. The fourth-order valence-electron chi connectivity index (χ4n) is 1.16. The molecule has 0 radical (unpaired) electrons. The number of carbonyl (C=O) groups is 1. The maximum absolute atomic E-state index is 10.5. The summed E-state index contributed by atoms with van der Waals surface area (Å²) in [5.74, 6) is 0. The molecule has 0 saturated heterocycles. The second kappa shape index (κ2) is 4.47. The van der Waals surface area contributed by atoms with Crippen molar-refractivity contribution in [3.05, 3.63) is 29.3 Å². The molecule has 0 bridgehead atoms. The minimum atomic E-state index is 0.0430. The second-order valence-corrected chi connectivity index (χ2v) is 4.65. The Kier molecular flexibility index (Phi) is 3.55. The predicted molar refractivity (Wildman–Crippen MR) is 57.3 cm³/mol. The van der Waals surface area contributed by atoms with Crippen LogP contribution in [-0.4, -0.2) is 11.5 Å². The van der Waals surface area contributed by atoms with Crippen molar-refractivity contribution in [3.63, 3.8) is 0 Å². The van der Waals surface area contributed by atoms with Gasteiger partial charge in [0.1, 0.15) is 6.29 Å². The smallest absolute Gasteiger partial charge is 0.133 e. The fraction of sp³-hybridized carbons (Fsp3) is 0.364. The van der Waals surface area contributed by atoms with Gasteiger partial charge in [0.2, 0.25) is 0 Å². The molecule has 0 saturated carbocycles. The average Bonchev–Trinajstić information content (AvgIpc) is 2.09. The SMILES string of the molecule is Cc1ccc(SC(C)C=O)c(C)c1. The fourth-order valence-corrected chi connectivity index (χ4v) is 2.01. The third-order valence-corrected chi connectivity index (χ3v) is 3.03. The van der Waals surface area contributed by atoms with Gasteiger partial charge in [-0.1, -0.05) is 17.7 Å². The summed E-state index contributed by atoms with van der Waals surface area (Å²) in [7, 11) is 0. The van der Waals surface area contributed by atoms with Crippen molar-refractivity contribution < 1.29 is 4.79 Å². The Labute approximate surface area is 83.5 Å². The van der Waals surface area contributed by atoms with Gasteiger partial charge < -0.3 is 4.79 Å². The summed E-state index contributed by atoms with van der Waals surface area (Å²) in [5, 5.41) is 0.0430. The quantitative estimate of drug-likeness (QED) is 0.543. The van der Waals surface area contributed by atoms with Crippen LogP contribution < -0.4 is 0 Å². The molecule has 0 amide bonds. The van der Waals surface area contributed by atoms with Crippen LogP contribution in [0.4, 0.5) is 0 Å². The van der Waals surface area contributed by atoms with Crippen molar-refractivity contribution in [2.75, 3.05) is 0 Å². The van der Waals surface area contributed by atoms with Crippen LogP contribution in [0.1, 0.15) is 18.1 Å². The van der Waals surface area contributed by atoms with E-state index in [4.69, 9.17) is 0 Å². The number of thioether (sulfide) groups is 1. The van der Waals surface area contributed by atoms with E-state index < -0.39 is 0 Å². The molecule has 1 unspecified atom stereocenters. The lowest BCUT2D eigenvalue weighted by atomic mass is 10.2. The molecule has 1 rings (SSSR count). The summed E-state index contributed by atoms with van der Waals surface area (Å²) >= 11 is 1.61. The van der Waals surface area contributed by atoms with E-state index in [0.29, 0.717) is 0 Å². The van der Waals surface area contributed by atoms with Gasteiger partial charge in [0, 0.05) is 4.90 Å². The number of aldehydes is 1. The molecule has 0 N–H and O–H groups in total. The Morgan fingerprint density at radius 1 is 1.38 bits per heavy atom. The van der Waals surface area contributed by atoms with E-state index in [1.807, 2.05) is 6.92 Å².